The van der Waals surface area contributed by atoms with E-state index in [-0.39, 0.29) is 12.2 Å². The first-order valence-corrected chi connectivity index (χ1v) is 7.87. The van der Waals surface area contributed by atoms with E-state index in [2.05, 4.69) is 24.1 Å². The molecule has 0 radical (unpaired) electrons. The third-order valence-corrected chi connectivity index (χ3v) is 4.09. The van der Waals surface area contributed by atoms with Gasteiger partial charge in [-0.25, -0.2) is 0 Å². The van der Waals surface area contributed by atoms with E-state index in [0.717, 1.165) is 31.0 Å². The lowest BCUT2D eigenvalue weighted by Crippen LogP contribution is -2.44. The van der Waals surface area contributed by atoms with Crippen molar-refractivity contribution in [1.82, 2.24) is 4.90 Å². The van der Waals surface area contributed by atoms with Gasteiger partial charge in [0.05, 0.1) is 6.61 Å². The summed E-state index contributed by atoms with van der Waals surface area (Å²) in [6.07, 6.45) is -0.123. The van der Waals surface area contributed by atoms with Crippen molar-refractivity contribution in [2.24, 2.45) is 0 Å². The number of hydrogen-bond acceptors (Lipinski definition) is 3. The average Bonchev–Trinajstić information content (AvgIpc) is 2.55. The van der Waals surface area contributed by atoms with E-state index in [4.69, 9.17) is 21.1 Å². The predicted molar refractivity (Wildman–Crippen MR) is 88.5 cm³/mol. The normalized spacial score (nSPS) is 20.5. The summed E-state index contributed by atoms with van der Waals surface area (Å²) in [6, 6.07) is 17.7. The van der Waals surface area contributed by atoms with Crippen LogP contribution in [0.1, 0.15) is 11.7 Å². The van der Waals surface area contributed by atoms with Gasteiger partial charge in [-0.3, -0.25) is 0 Å². The summed E-state index contributed by atoms with van der Waals surface area (Å²) in [6.45, 7) is 2.54. The maximum absolute atomic E-state index is 6.23. The summed E-state index contributed by atoms with van der Waals surface area (Å²) in [5.41, 5.74) is 1.12. The van der Waals surface area contributed by atoms with Crippen LogP contribution in [0.2, 0.25) is 5.02 Å². The van der Waals surface area contributed by atoms with Crippen LogP contribution < -0.4 is 4.74 Å². The number of likely N-dealkylation sites (N-methyl/N-ethyl adjacent to an activating group) is 1. The molecule has 1 saturated heterocycles. The van der Waals surface area contributed by atoms with Gasteiger partial charge in [0.2, 0.25) is 0 Å². The van der Waals surface area contributed by atoms with Crippen LogP contribution in [0.5, 0.6) is 5.75 Å². The van der Waals surface area contributed by atoms with Gasteiger partial charge >= 0.3 is 0 Å². The van der Waals surface area contributed by atoms with Gasteiger partial charge in [-0.05, 0) is 36.9 Å². The van der Waals surface area contributed by atoms with E-state index in [9.17, 15) is 0 Å². The van der Waals surface area contributed by atoms with Crippen LogP contribution in [-0.2, 0) is 4.74 Å². The topological polar surface area (TPSA) is 21.7 Å². The smallest absolute Gasteiger partial charge is 0.151 e. The zero-order chi connectivity index (χ0) is 15.4. The van der Waals surface area contributed by atoms with Crippen LogP contribution in [0.3, 0.4) is 0 Å². The van der Waals surface area contributed by atoms with E-state index in [1.54, 1.807) is 0 Å². The van der Waals surface area contributed by atoms with Crippen LogP contribution >= 0.6 is 11.6 Å². The van der Waals surface area contributed by atoms with Gasteiger partial charge in [-0.2, -0.15) is 0 Å². The first-order chi connectivity index (χ1) is 10.7. The Balaban J connectivity index is 1.84. The summed E-state index contributed by atoms with van der Waals surface area (Å²) < 4.78 is 12.2. The van der Waals surface area contributed by atoms with Crippen LogP contribution in [0.15, 0.2) is 54.6 Å². The van der Waals surface area contributed by atoms with Crippen molar-refractivity contribution in [3.8, 4) is 5.75 Å². The van der Waals surface area contributed by atoms with Gasteiger partial charge in [0.1, 0.15) is 11.9 Å². The van der Waals surface area contributed by atoms with Crippen LogP contribution in [-0.4, -0.2) is 37.7 Å². The van der Waals surface area contributed by atoms with E-state index < -0.39 is 0 Å². The number of halogens is 1. The molecule has 3 nitrogen and oxygen atoms in total. The molecule has 2 atom stereocenters. The Morgan fingerprint density at radius 3 is 2.55 bits per heavy atom. The van der Waals surface area contributed by atoms with E-state index in [1.807, 2.05) is 42.5 Å². The molecular weight excluding hydrogens is 298 g/mol. The predicted octanol–water partition coefficient (Wildman–Crippen LogP) is 3.79. The Kier molecular flexibility index (Phi) is 4.98. The standard InChI is InChI=1S/C18H20ClNO2/c1-20-11-12-21-17(13-20)18(14-5-3-2-4-6-14)22-16-9-7-15(19)8-10-16/h2-10,17-18H,11-13H2,1H3. The highest BCUT2D eigenvalue weighted by molar-refractivity contribution is 6.30. The number of benzene rings is 2. The molecule has 0 aromatic heterocycles. The van der Waals surface area contributed by atoms with Crippen molar-refractivity contribution in [3.63, 3.8) is 0 Å². The number of nitrogens with zero attached hydrogens (tertiary/aromatic N) is 1. The molecule has 0 N–H and O–H groups in total. The minimum absolute atomic E-state index is 0.0110. The number of morpholine rings is 1. The molecule has 1 aliphatic heterocycles. The number of rotatable bonds is 4. The molecule has 1 heterocycles. The molecule has 116 valence electrons. The molecule has 2 unspecified atom stereocenters. The zero-order valence-electron chi connectivity index (χ0n) is 12.6. The minimum atomic E-state index is -0.134. The molecule has 1 fully saturated rings. The lowest BCUT2D eigenvalue weighted by molar-refractivity contribution is -0.0759. The highest BCUT2D eigenvalue weighted by Crippen LogP contribution is 2.29. The summed E-state index contributed by atoms with van der Waals surface area (Å²) in [5, 5.41) is 0.706. The summed E-state index contributed by atoms with van der Waals surface area (Å²) in [7, 11) is 2.11. The second-order valence-electron chi connectivity index (χ2n) is 5.57. The second-order valence-corrected chi connectivity index (χ2v) is 6.01. The zero-order valence-corrected chi connectivity index (χ0v) is 13.4. The third-order valence-electron chi connectivity index (χ3n) is 3.84. The molecule has 4 heteroatoms. The Labute approximate surface area is 136 Å². The van der Waals surface area contributed by atoms with E-state index >= 15 is 0 Å². The van der Waals surface area contributed by atoms with Crippen molar-refractivity contribution >= 4 is 11.6 Å². The largest absolute Gasteiger partial charge is 0.483 e. The van der Waals surface area contributed by atoms with Gasteiger partial charge < -0.3 is 14.4 Å². The van der Waals surface area contributed by atoms with Crippen molar-refractivity contribution < 1.29 is 9.47 Å². The molecule has 0 aliphatic carbocycles. The highest BCUT2D eigenvalue weighted by Gasteiger charge is 2.29. The van der Waals surface area contributed by atoms with Gasteiger partial charge in [0.15, 0.2) is 6.10 Å². The molecule has 2 aromatic rings. The summed E-state index contributed by atoms with van der Waals surface area (Å²) in [5.74, 6) is 0.801. The van der Waals surface area contributed by atoms with Gasteiger partial charge in [0, 0.05) is 18.1 Å². The maximum atomic E-state index is 6.23. The Morgan fingerprint density at radius 2 is 1.86 bits per heavy atom. The monoisotopic (exact) mass is 317 g/mol. The molecule has 0 bridgehead atoms. The summed E-state index contributed by atoms with van der Waals surface area (Å²) in [4.78, 5) is 2.27. The first kappa shape index (κ1) is 15.3. The Bertz CT molecular complexity index is 588. The first-order valence-electron chi connectivity index (χ1n) is 7.50. The lowest BCUT2D eigenvalue weighted by atomic mass is 10.0. The fraction of sp³-hybridized carbons (Fsp3) is 0.333. The molecule has 1 aliphatic rings. The van der Waals surface area contributed by atoms with Crippen LogP contribution in [0.4, 0.5) is 0 Å². The Hall–Kier alpha value is -1.55. The van der Waals surface area contributed by atoms with Crippen molar-refractivity contribution in [2.45, 2.75) is 12.2 Å². The van der Waals surface area contributed by atoms with E-state index in [0.29, 0.717) is 5.02 Å². The molecule has 0 amide bonds. The summed E-state index contributed by atoms with van der Waals surface area (Å²) >= 11 is 5.95. The maximum Gasteiger partial charge on any atom is 0.151 e. The van der Waals surface area contributed by atoms with Crippen LogP contribution in [0, 0.1) is 0 Å². The molecule has 0 spiro atoms. The van der Waals surface area contributed by atoms with Crippen LogP contribution in [0.25, 0.3) is 0 Å². The van der Waals surface area contributed by atoms with Crippen molar-refractivity contribution in [1.29, 1.82) is 0 Å². The van der Waals surface area contributed by atoms with Crippen molar-refractivity contribution in [2.75, 3.05) is 26.7 Å². The average molecular weight is 318 g/mol. The fourth-order valence-electron chi connectivity index (χ4n) is 2.66. The second kappa shape index (κ2) is 7.14. The quantitative estimate of drug-likeness (QED) is 0.856. The number of hydrogen-bond donors (Lipinski definition) is 0. The molecule has 2 aromatic carbocycles. The van der Waals surface area contributed by atoms with Gasteiger partial charge in [0.25, 0.3) is 0 Å². The fourth-order valence-corrected chi connectivity index (χ4v) is 2.78. The highest BCUT2D eigenvalue weighted by atomic mass is 35.5. The third kappa shape index (κ3) is 3.80. The molecule has 22 heavy (non-hydrogen) atoms. The minimum Gasteiger partial charge on any atom is -0.483 e. The molecule has 0 saturated carbocycles. The number of ether oxygens (including phenoxy) is 2. The van der Waals surface area contributed by atoms with Gasteiger partial charge in [-0.15, -0.1) is 0 Å². The van der Waals surface area contributed by atoms with E-state index in [1.165, 1.54) is 0 Å². The SMILES string of the molecule is CN1CCOC(C(Oc2ccc(Cl)cc2)c2ccccc2)C1. The Morgan fingerprint density at radius 1 is 1.14 bits per heavy atom. The molecule has 3 rings (SSSR count). The van der Waals surface area contributed by atoms with Crippen molar-refractivity contribution in [3.05, 3.63) is 65.2 Å². The van der Waals surface area contributed by atoms with Gasteiger partial charge in [-0.1, -0.05) is 41.9 Å². The lowest BCUT2D eigenvalue weighted by Gasteiger charge is -2.35. The molecular formula is C18H20ClNO2.